The van der Waals surface area contributed by atoms with Crippen LogP contribution in [0.2, 0.25) is 0 Å². The summed E-state index contributed by atoms with van der Waals surface area (Å²) in [7, 11) is 0. The number of carbonyl (C=O) groups is 5. The molecule has 13 nitrogen and oxygen atoms in total. The number of nitrogens with zero attached hydrogens (tertiary/aromatic N) is 5. The molecule has 3 aliphatic heterocycles. The van der Waals surface area contributed by atoms with Crippen LogP contribution < -0.4 is 25.8 Å². The zero-order chi connectivity index (χ0) is 39.6. The molecule has 3 aromatic carbocycles. The molecule has 5 heterocycles. The SMILES string of the molecule is CCCC(C(=O)NC=O)c1ccc(N2CCN(C(=O)C(=O)N3CCN(c4ccc(-c5ccc6c(ccc7sc8c(c76)NC[C@@H](C)NC8=O)n5)cc4)CC3)CC2)cc1. The van der Waals surface area contributed by atoms with Gasteiger partial charge in [-0.2, -0.15) is 0 Å². The molecule has 3 N–H and O–H groups in total. The third-order valence-corrected chi connectivity index (χ3v) is 12.4. The summed E-state index contributed by atoms with van der Waals surface area (Å²) in [6.45, 7) is 8.91. The van der Waals surface area contributed by atoms with Crippen molar-refractivity contribution in [2.24, 2.45) is 0 Å². The van der Waals surface area contributed by atoms with Crippen LogP contribution in [0.1, 0.15) is 47.8 Å². The van der Waals surface area contributed by atoms with E-state index in [0.717, 1.165) is 61.3 Å². The minimum absolute atomic E-state index is 0.0433. The number of thiophene rings is 1. The fraction of sp³-hybridized carbons (Fsp3) is 0.349. The van der Waals surface area contributed by atoms with E-state index in [-0.39, 0.29) is 23.8 Å². The van der Waals surface area contributed by atoms with Gasteiger partial charge in [0.2, 0.25) is 12.3 Å². The number of fused-ring (bicyclic) bond motifs is 5. The highest BCUT2D eigenvalue weighted by Gasteiger charge is 2.32. The molecule has 294 valence electrons. The van der Waals surface area contributed by atoms with Gasteiger partial charge in [0, 0.05) is 97.4 Å². The van der Waals surface area contributed by atoms with Crippen molar-refractivity contribution >= 4 is 79.4 Å². The van der Waals surface area contributed by atoms with Crippen molar-refractivity contribution in [2.75, 3.05) is 74.0 Å². The molecule has 1 unspecified atom stereocenters. The Morgan fingerprint density at radius 3 is 2.05 bits per heavy atom. The Balaban J connectivity index is 0.846. The highest BCUT2D eigenvalue weighted by molar-refractivity contribution is 7.21. The summed E-state index contributed by atoms with van der Waals surface area (Å²) in [4.78, 5) is 76.1. The van der Waals surface area contributed by atoms with E-state index in [4.69, 9.17) is 4.98 Å². The summed E-state index contributed by atoms with van der Waals surface area (Å²) in [5.41, 5.74) is 6.50. The Morgan fingerprint density at radius 1 is 0.842 bits per heavy atom. The molecule has 14 heteroatoms. The van der Waals surface area contributed by atoms with Gasteiger partial charge < -0.3 is 30.2 Å². The number of amides is 5. The Morgan fingerprint density at radius 2 is 1.46 bits per heavy atom. The molecular weight excluding hydrogens is 741 g/mol. The predicted octanol–water partition coefficient (Wildman–Crippen LogP) is 4.81. The third-order valence-electron chi connectivity index (χ3n) is 11.3. The average Bonchev–Trinajstić information content (AvgIpc) is 3.57. The van der Waals surface area contributed by atoms with E-state index in [9.17, 15) is 24.0 Å². The third kappa shape index (κ3) is 7.61. The molecular formula is C43H46N8O5S. The van der Waals surface area contributed by atoms with E-state index in [1.165, 1.54) is 11.3 Å². The molecule has 0 spiro atoms. The molecule has 8 rings (SSSR count). The molecule has 0 aliphatic carbocycles. The maximum absolute atomic E-state index is 13.3. The maximum Gasteiger partial charge on any atom is 0.312 e. The second-order valence-electron chi connectivity index (χ2n) is 14.9. The smallest absolute Gasteiger partial charge is 0.312 e. The highest BCUT2D eigenvalue weighted by Crippen LogP contribution is 2.41. The number of hydrogen-bond acceptors (Lipinski definition) is 10. The van der Waals surface area contributed by atoms with E-state index in [2.05, 4.69) is 56.1 Å². The average molecular weight is 787 g/mol. The lowest BCUT2D eigenvalue weighted by Gasteiger charge is -2.39. The van der Waals surface area contributed by atoms with Crippen LogP contribution in [0.5, 0.6) is 0 Å². The minimum atomic E-state index is -0.458. The Bertz CT molecular complexity index is 2330. The molecule has 57 heavy (non-hydrogen) atoms. The van der Waals surface area contributed by atoms with E-state index < -0.39 is 11.8 Å². The van der Waals surface area contributed by atoms with Gasteiger partial charge in [0.1, 0.15) is 4.88 Å². The van der Waals surface area contributed by atoms with Gasteiger partial charge in [-0.15, -0.1) is 11.3 Å². The lowest BCUT2D eigenvalue weighted by molar-refractivity contribution is -0.152. The lowest BCUT2D eigenvalue weighted by atomic mass is 9.93. The van der Waals surface area contributed by atoms with Crippen molar-refractivity contribution in [3.8, 4) is 11.3 Å². The maximum atomic E-state index is 13.3. The molecule has 5 amide bonds. The normalized spacial score (nSPS) is 17.7. The van der Waals surface area contributed by atoms with Gasteiger partial charge in [-0.3, -0.25) is 29.3 Å². The van der Waals surface area contributed by atoms with E-state index in [1.807, 2.05) is 56.3 Å². The summed E-state index contributed by atoms with van der Waals surface area (Å²) in [5, 5.41) is 10.9. The van der Waals surface area contributed by atoms with E-state index in [0.29, 0.717) is 76.6 Å². The second kappa shape index (κ2) is 16.2. The molecule has 2 saturated heterocycles. The van der Waals surface area contributed by atoms with Gasteiger partial charge in [0.25, 0.3) is 5.91 Å². The van der Waals surface area contributed by atoms with Crippen LogP contribution in [0.25, 0.3) is 32.2 Å². The molecule has 0 radical (unpaired) electrons. The van der Waals surface area contributed by atoms with Crippen LogP contribution in [0.3, 0.4) is 0 Å². The zero-order valence-corrected chi connectivity index (χ0v) is 32.9. The van der Waals surface area contributed by atoms with Crippen molar-refractivity contribution in [1.82, 2.24) is 25.4 Å². The lowest BCUT2D eigenvalue weighted by Crippen LogP contribution is -2.56. The largest absolute Gasteiger partial charge is 0.381 e. The number of pyridine rings is 1. The van der Waals surface area contributed by atoms with E-state index >= 15 is 0 Å². The van der Waals surface area contributed by atoms with Gasteiger partial charge in [0.05, 0.1) is 22.8 Å². The number of nitrogens with one attached hydrogen (secondary N) is 3. The molecule has 2 fully saturated rings. The summed E-state index contributed by atoms with van der Waals surface area (Å²) < 4.78 is 1.05. The van der Waals surface area contributed by atoms with Crippen molar-refractivity contribution in [3.05, 3.63) is 83.2 Å². The van der Waals surface area contributed by atoms with Crippen LogP contribution >= 0.6 is 11.3 Å². The molecule has 2 atom stereocenters. The van der Waals surface area contributed by atoms with Crippen LogP contribution in [0, 0.1) is 0 Å². The fourth-order valence-electron chi connectivity index (χ4n) is 8.15. The van der Waals surface area contributed by atoms with Crippen molar-refractivity contribution in [2.45, 2.75) is 38.6 Å². The quantitative estimate of drug-likeness (QED) is 0.149. The Labute approximate surface area is 335 Å². The monoisotopic (exact) mass is 786 g/mol. The van der Waals surface area contributed by atoms with Crippen LogP contribution in [-0.4, -0.2) is 110 Å². The van der Waals surface area contributed by atoms with Crippen molar-refractivity contribution < 1.29 is 24.0 Å². The van der Waals surface area contributed by atoms with Gasteiger partial charge >= 0.3 is 11.8 Å². The number of piperazine rings is 2. The van der Waals surface area contributed by atoms with Crippen LogP contribution in [0.4, 0.5) is 17.1 Å². The number of hydrogen-bond donors (Lipinski definition) is 3. The molecule has 5 aromatic rings. The van der Waals surface area contributed by atoms with Crippen molar-refractivity contribution in [3.63, 3.8) is 0 Å². The standard InChI is InChI=1S/C43H46N8O5S/c1-3-4-32(40(53)45-26-52)28-5-9-30(10-6-28)48-17-21-50(22-18-48)42(55)43(56)51-23-19-49(20-24-51)31-11-7-29(8-12-31)34-14-13-33-35(47-34)15-16-36-37(33)38-39(57-36)41(54)46-27(2)25-44-38/h5-16,26-27,32,44H,3-4,17-25H2,1-2H3,(H,46,54)(H,45,52,53)/t27-,32?/m1/s1. The summed E-state index contributed by atoms with van der Waals surface area (Å²) >= 11 is 1.50. The molecule has 0 saturated carbocycles. The molecule has 2 aromatic heterocycles. The van der Waals surface area contributed by atoms with Gasteiger partial charge in [-0.1, -0.05) is 37.6 Å². The molecule has 0 bridgehead atoms. The second-order valence-corrected chi connectivity index (χ2v) is 16.0. The van der Waals surface area contributed by atoms with Crippen LogP contribution in [0.15, 0.2) is 72.8 Å². The number of benzene rings is 3. The number of rotatable bonds is 8. The first-order valence-electron chi connectivity index (χ1n) is 19.7. The summed E-state index contributed by atoms with van der Waals surface area (Å²) in [6.07, 6.45) is 1.88. The fourth-order valence-corrected chi connectivity index (χ4v) is 9.25. The summed E-state index contributed by atoms with van der Waals surface area (Å²) in [6, 6.07) is 24.3. The first kappa shape index (κ1) is 37.9. The Kier molecular flexibility index (Phi) is 10.8. The van der Waals surface area contributed by atoms with Gasteiger partial charge in [-0.25, -0.2) is 4.98 Å². The van der Waals surface area contributed by atoms with Gasteiger partial charge in [-0.05, 0) is 67.4 Å². The minimum Gasteiger partial charge on any atom is -0.381 e. The van der Waals surface area contributed by atoms with Crippen molar-refractivity contribution in [1.29, 1.82) is 0 Å². The van der Waals surface area contributed by atoms with Gasteiger partial charge in [0.15, 0.2) is 0 Å². The topological polar surface area (TPSA) is 147 Å². The first-order chi connectivity index (χ1) is 27.7. The summed E-state index contributed by atoms with van der Waals surface area (Å²) in [5.74, 6) is -1.64. The number of carbonyl (C=O) groups excluding carboxylic acids is 5. The first-order valence-corrected chi connectivity index (χ1v) is 20.5. The Hall–Kier alpha value is -6.02. The number of imide groups is 1. The predicted molar refractivity (Wildman–Crippen MR) is 224 cm³/mol. The van der Waals surface area contributed by atoms with Crippen LogP contribution in [-0.2, 0) is 19.2 Å². The number of anilines is 3. The zero-order valence-electron chi connectivity index (χ0n) is 32.1. The highest BCUT2D eigenvalue weighted by atomic mass is 32.1. The van der Waals surface area contributed by atoms with E-state index in [1.54, 1.807) is 9.80 Å². The molecule has 3 aliphatic rings. The number of aromatic nitrogens is 1.